The molecule has 0 fully saturated rings. The number of anilines is 1. The predicted molar refractivity (Wildman–Crippen MR) is 80.8 cm³/mol. The molecule has 136 valence electrons. The van der Waals surface area contributed by atoms with Gasteiger partial charge in [0.15, 0.2) is 0 Å². The largest absolute Gasteiger partial charge is 0.416 e. The number of carbonyl (C=O) groups is 1. The minimum atomic E-state index is -4.56. The van der Waals surface area contributed by atoms with Crippen LogP contribution in [-0.2, 0) is 6.18 Å². The molecule has 0 spiro atoms. The van der Waals surface area contributed by atoms with Crippen LogP contribution in [0.5, 0.6) is 0 Å². The Bertz CT molecular complexity index is 559. The highest BCUT2D eigenvalue weighted by molar-refractivity contribution is 8.00. The topological polar surface area (TPSA) is 41.1 Å². The summed E-state index contributed by atoms with van der Waals surface area (Å²) in [5.41, 5.74) is -1.02. The van der Waals surface area contributed by atoms with Crippen LogP contribution >= 0.6 is 11.9 Å². The zero-order chi connectivity index (χ0) is 18.4. The van der Waals surface area contributed by atoms with Gasteiger partial charge in [-0.05, 0) is 24.6 Å². The SMILES string of the molecule is CCSNc1cc(C(F)(F)F)ccc1C(=O)NCCCC(F)(F)F. The molecule has 1 rings (SSSR count). The number of rotatable bonds is 7. The third-order valence-electron chi connectivity index (χ3n) is 2.84. The molecule has 0 radical (unpaired) electrons. The quantitative estimate of drug-likeness (QED) is 0.407. The number of hydrogen-bond donors (Lipinski definition) is 2. The standard InChI is InChI=1S/C14H16F6N2OS/c1-2-24-22-11-8-9(14(18,19)20)4-5-10(11)12(23)21-7-3-6-13(15,16)17/h4-5,8,22H,2-3,6-7H2,1H3,(H,21,23). The highest BCUT2D eigenvalue weighted by atomic mass is 32.2. The van der Waals surface area contributed by atoms with E-state index in [0.717, 1.165) is 30.1 Å². The molecule has 2 N–H and O–H groups in total. The van der Waals surface area contributed by atoms with Crippen molar-refractivity contribution in [2.75, 3.05) is 17.0 Å². The van der Waals surface area contributed by atoms with Crippen LogP contribution in [0.25, 0.3) is 0 Å². The van der Waals surface area contributed by atoms with Crippen LogP contribution in [0, 0.1) is 0 Å². The van der Waals surface area contributed by atoms with E-state index >= 15 is 0 Å². The molecule has 0 unspecified atom stereocenters. The van der Waals surface area contributed by atoms with Gasteiger partial charge in [-0.3, -0.25) is 4.79 Å². The summed E-state index contributed by atoms with van der Waals surface area (Å²) in [7, 11) is 0. The molecule has 1 aromatic carbocycles. The van der Waals surface area contributed by atoms with E-state index in [-0.39, 0.29) is 24.2 Å². The maximum absolute atomic E-state index is 12.7. The average Bonchev–Trinajstić information content (AvgIpc) is 2.47. The van der Waals surface area contributed by atoms with E-state index in [2.05, 4.69) is 10.0 Å². The fourth-order valence-electron chi connectivity index (χ4n) is 1.74. The molecule has 1 aromatic rings. The van der Waals surface area contributed by atoms with Gasteiger partial charge < -0.3 is 10.0 Å². The normalized spacial score (nSPS) is 12.1. The number of alkyl halides is 6. The lowest BCUT2D eigenvalue weighted by atomic mass is 10.1. The lowest BCUT2D eigenvalue weighted by Gasteiger charge is -2.14. The molecule has 0 saturated carbocycles. The molecule has 1 amide bonds. The average molecular weight is 374 g/mol. The molecule has 0 bridgehead atoms. The first-order valence-electron chi connectivity index (χ1n) is 6.98. The molecule has 0 aliphatic carbocycles. The summed E-state index contributed by atoms with van der Waals surface area (Å²) in [4.78, 5) is 12.0. The monoisotopic (exact) mass is 374 g/mol. The molecule has 0 aliphatic heterocycles. The summed E-state index contributed by atoms with van der Waals surface area (Å²) < 4.78 is 77.0. The first kappa shape index (κ1) is 20.5. The Hall–Kier alpha value is -1.58. The Morgan fingerprint density at radius 3 is 2.38 bits per heavy atom. The molecule has 0 atom stereocenters. The second-order valence-electron chi connectivity index (χ2n) is 4.77. The van der Waals surface area contributed by atoms with E-state index < -0.39 is 30.2 Å². The molecule has 3 nitrogen and oxygen atoms in total. The van der Waals surface area contributed by atoms with Gasteiger partial charge in [0.05, 0.1) is 16.8 Å². The maximum atomic E-state index is 12.7. The minimum absolute atomic E-state index is 0.0370. The van der Waals surface area contributed by atoms with E-state index in [0.29, 0.717) is 5.75 Å². The van der Waals surface area contributed by atoms with Gasteiger partial charge in [-0.25, -0.2) is 0 Å². The Kier molecular flexibility index (Phi) is 7.25. The van der Waals surface area contributed by atoms with Crippen LogP contribution in [0.1, 0.15) is 35.7 Å². The first-order chi connectivity index (χ1) is 11.0. The van der Waals surface area contributed by atoms with Crippen molar-refractivity contribution in [2.24, 2.45) is 0 Å². The summed E-state index contributed by atoms with van der Waals surface area (Å²) in [6.45, 7) is 1.54. The third-order valence-corrected chi connectivity index (χ3v) is 3.49. The van der Waals surface area contributed by atoms with Crippen molar-refractivity contribution in [1.29, 1.82) is 0 Å². The highest BCUT2D eigenvalue weighted by Crippen LogP contribution is 2.33. The van der Waals surface area contributed by atoms with Crippen molar-refractivity contribution >= 4 is 23.5 Å². The molecular weight excluding hydrogens is 358 g/mol. The summed E-state index contributed by atoms with van der Waals surface area (Å²) >= 11 is 1.10. The third kappa shape index (κ3) is 6.90. The molecule has 10 heteroatoms. The van der Waals surface area contributed by atoms with Crippen molar-refractivity contribution in [2.45, 2.75) is 32.1 Å². The fraction of sp³-hybridized carbons (Fsp3) is 0.500. The second kappa shape index (κ2) is 8.50. The smallest absolute Gasteiger partial charge is 0.352 e. The molecule has 0 saturated heterocycles. The van der Waals surface area contributed by atoms with Gasteiger partial charge in [0.25, 0.3) is 5.91 Å². The molecular formula is C14H16F6N2OS. The van der Waals surface area contributed by atoms with Crippen molar-refractivity contribution in [3.05, 3.63) is 29.3 Å². The van der Waals surface area contributed by atoms with E-state index in [1.807, 2.05) is 0 Å². The Balaban J connectivity index is 2.82. The van der Waals surface area contributed by atoms with Crippen LogP contribution in [-0.4, -0.2) is 24.4 Å². The van der Waals surface area contributed by atoms with E-state index in [9.17, 15) is 31.1 Å². The van der Waals surface area contributed by atoms with Crippen LogP contribution < -0.4 is 10.0 Å². The summed E-state index contributed by atoms with van der Waals surface area (Å²) in [5.74, 6) is -0.187. The Labute approximate surface area is 139 Å². The maximum Gasteiger partial charge on any atom is 0.416 e. The number of halogens is 6. The summed E-state index contributed by atoms with van der Waals surface area (Å²) in [6, 6.07) is 2.56. The summed E-state index contributed by atoms with van der Waals surface area (Å²) in [5, 5.41) is 2.28. The summed E-state index contributed by atoms with van der Waals surface area (Å²) in [6.07, 6.45) is -10.2. The molecule has 24 heavy (non-hydrogen) atoms. The van der Waals surface area contributed by atoms with Crippen molar-refractivity contribution < 1.29 is 31.1 Å². The van der Waals surface area contributed by atoms with Crippen molar-refractivity contribution in [3.63, 3.8) is 0 Å². The minimum Gasteiger partial charge on any atom is -0.352 e. The second-order valence-corrected chi connectivity index (χ2v) is 5.84. The molecule has 0 aromatic heterocycles. The number of carbonyl (C=O) groups excluding carboxylic acids is 1. The van der Waals surface area contributed by atoms with Crippen molar-refractivity contribution in [1.82, 2.24) is 5.32 Å². The van der Waals surface area contributed by atoms with Crippen LogP contribution in [0.15, 0.2) is 18.2 Å². The number of benzene rings is 1. The fourth-order valence-corrected chi connectivity index (χ4v) is 2.21. The van der Waals surface area contributed by atoms with Crippen molar-refractivity contribution in [3.8, 4) is 0 Å². The van der Waals surface area contributed by atoms with Gasteiger partial charge in [-0.1, -0.05) is 18.9 Å². The van der Waals surface area contributed by atoms with Gasteiger partial charge in [0.2, 0.25) is 0 Å². The lowest BCUT2D eigenvalue weighted by molar-refractivity contribution is -0.137. The van der Waals surface area contributed by atoms with Gasteiger partial charge in [-0.15, -0.1) is 0 Å². The highest BCUT2D eigenvalue weighted by Gasteiger charge is 2.31. The van der Waals surface area contributed by atoms with E-state index in [1.165, 1.54) is 0 Å². The van der Waals surface area contributed by atoms with Gasteiger partial charge in [0, 0.05) is 18.7 Å². The molecule has 0 heterocycles. The van der Waals surface area contributed by atoms with Crippen LogP contribution in [0.4, 0.5) is 32.0 Å². The van der Waals surface area contributed by atoms with Gasteiger partial charge in [-0.2, -0.15) is 26.3 Å². The van der Waals surface area contributed by atoms with Crippen LogP contribution in [0.3, 0.4) is 0 Å². The zero-order valence-corrected chi connectivity index (χ0v) is 13.5. The van der Waals surface area contributed by atoms with E-state index in [4.69, 9.17) is 0 Å². The van der Waals surface area contributed by atoms with Gasteiger partial charge >= 0.3 is 12.4 Å². The van der Waals surface area contributed by atoms with Crippen LogP contribution in [0.2, 0.25) is 0 Å². The predicted octanol–water partition coefficient (Wildman–Crippen LogP) is 4.86. The van der Waals surface area contributed by atoms with E-state index in [1.54, 1.807) is 6.92 Å². The lowest BCUT2D eigenvalue weighted by Crippen LogP contribution is -2.26. The zero-order valence-electron chi connectivity index (χ0n) is 12.6. The Morgan fingerprint density at radius 1 is 1.17 bits per heavy atom. The molecule has 0 aliphatic rings. The number of nitrogens with one attached hydrogen (secondary N) is 2. The Morgan fingerprint density at radius 2 is 1.83 bits per heavy atom. The number of amides is 1. The first-order valence-corrected chi connectivity index (χ1v) is 7.97. The number of hydrogen-bond acceptors (Lipinski definition) is 3. The van der Waals surface area contributed by atoms with Gasteiger partial charge in [0.1, 0.15) is 0 Å².